The fraction of sp³-hybridized carbons (Fsp3) is 0.519. The van der Waals surface area contributed by atoms with Gasteiger partial charge >= 0.3 is 0 Å². The lowest BCUT2D eigenvalue weighted by atomic mass is 9.87. The molecule has 1 heterocycles. The van der Waals surface area contributed by atoms with Crippen LogP contribution in [0.15, 0.2) is 42.5 Å². The van der Waals surface area contributed by atoms with E-state index >= 15 is 0 Å². The zero-order valence-corrected chi connectivity index (χ0v) is 22.5. The zero-order chi connectivity index (χ0) is 23.0. The molecule has 0 spiro atoms. The highest BCUT2D eigenvalue weighted by Gasteiger charge is 2.23. The number of fused-ring (bicyclic) bond motifs is 1. The van der Waals surface area contributed by atoms with Crippen LogP contribution in [0.3, 0.4) is 0 Å². The summed E-state index contributed by atoms with van der Waals surface area (Å²) in [6, 6.07) is 14.6. The van der Waals surface area contributed by atoms with Crippen LogP contribution in [0, 0.1) is 0 Å². The summed E-state index contributed by atoms with van der Waals surface area (Å²) in [6.07, 6.45) is 5.77. The van der Waals surface area contributed by atoms with Crippen LogP contribution in [0.4, 0.5) is 5.69 Å². The van der Waals surface area contributed by atoms with Crippen molar-refractivity contribution in [2.45, 2.75) is 44.6 Å². The fourth-order valence-electron chi connectivity index (χ4n) is 5.04. The van der Waals surface area contributed by atoms with Gasteiger partial charge in [-0.15, -0.1) is 24.8 Å². The average molecular weight is 525 g/mol. The Morgan fingerprint density at radius 1 is 1.00 bits per heavy atom. The number of piperazine rings is 1. The normalized spacial score (nSPS) is 17.4. The number of carbonyl (C=O) groups is 1. The molecular formula is C27H39Cl2N3O3. The summed E-state index contributed by atoms with van der Waals surface area (Å²) in [7, 11) is 3.42. The third-order valence-corrected chi connectivity index (χ3v) is 6.93. The number of nitrogens with one attached hydrogen (secondary N) is 1. The molecule has 1 saturated heterocycles. The number of halogens is 2. The van der Waals surface area contributed by atoms with Gasteiger partial charge in [-0.05, 0) is 74.0 Å². The number of amides is 1. The number of para-hydroxylation sites is 2. The monoisotopic (exact) mass is 523 g/mol. The van der Waals surface area contributed by atoms with E-state index in [0.717, 1.165) is 76.3 Å². The number of ether oxygens (including phenoxy) is 2. The second kappa shape index (κ2) is 14.4. The van der Waals surface area contributed by atoms with E-state index in [1.807, 2.05) is 18.2 Å². The molecule has 2 aromatic rings. The van der Waals surface area contributed by atoms with Crippen molar-refractivity contribution in [3.8, 4) is 11.5 Å². The molecule has 0 aromatic heterocycles. The van der Waals surface area contributed by atoms with Crippen LogP contribution in [0.5, 0.6) is 11.5 Å². The van der Waals surface area contributed by atoms with Gasteiger partial charge in [0.15, 0.2) is 0 Å². The number of anilines is 1. The van der Waals surface area contributed by atoms with Gasteiger partial charge in [0, 0.05) is 32.6 Å². The summed E-state index contributed by atoms with van der Waals surface area (Å²) in [4.78, 5) is 17.5. The second-order valence-electron chi connectivity index (χ2n) is 9.03. The SMILES string of the molecule is COc1ccc2c(c1)C(NC(=O)CCCCN1CCN(c3ccccc3OC)CC1)CCC2.Cl.Cl. The summed E-state index contributed by atoms with van der Waals surface area (Å²) >= 11 is 0. The zero-order valence-electron chi connectivity index (χ0n) is 20.8. The lowest BCUT2D eigenvalue weighted by Crippen LogP contribution is -2.46. The molecule has 4 rings (SSSR count). The molecule has 1 atom stereocenters. The molecule has 35 heavy (non-hydrogen) atoms. The van der Waals surface area contributed by atoms with E-state index in [9.17, 15) is 4.79 Å². The van der Waals surface area contributed by atoms with Gasteiger partial charge in [0.2, 0.25) is 5.91 Å². The van der Waals surface area contributed by atoms with E-state index in [1.54, 1.807) is 14.2 Å². The van der Waals surface area contributed by atoms with Crippen molar-refractivity contribution in [2.24, 2.45) is 0 Å². The Labute approximate surface area is 222 Å². The van der Waals surface area contributed by atoms with Crippen LogP contribution in [0.25, 0.3) is 0 Å². The highest BCUT2D eigenvalue weighted by Crippen LogP contribution is 2.32. The number of rotatable bonds is 9. The van der Waals surface area contributed by atoms with E-state index in [2.05, 4.69) is 39.4 Å². The number of methoxy groups -OCH3 is 2. The van der Waals surface area contributed by atoms with Crippen LogP contribution in [-0.2, 0) is 11.2 Å². The third kappa shape index (κ3) is 7.66. The molecule has 1 amide bonds. The van der Waals surface area contributed by atoms with E-state index in [0.29, 0.717) is 6.42 Å². The van der Waals surface area contributed by atoms with E-state index in [4.69, 9.17) is 9.47 Å². The number of carbonyl (C=O) groups excluding carboxylic acids is 1. The van der Waals surface area contributed by atoms with Crippen molar-refractivity contribution in [3.63, 3.8) is 0 Å². The first-order chi connectivity index (χ1) is 16.2. The van der Waals surface area contributed by atoms with Gasteiger partial charge in [0.25, 0.3) is 0 Å². The van der Waals surface area contributed by atoms with Crippen LogP contribution in [0.2, 0.25) is 0 Å². The van der Waals surface area contributed by atoms with Crippen molar-refractivity contribution in [3.05, 3.63) is 53.6 Å². The first-order valence-electron chi connectivity index (χ1n) is 12.2. The Hall–Kier alpha value is -2.15. The van der Waals surface area contributed by atoms with Crippen molar-refractivity contribution in [1.29, 1.82) is 0 Å². The molecule has 6 nitrogen and oxygen atoms in total. The molecule has 1 aliphatic heterocycles. The number of benzene rings is 2. The van der Waals surface area contributed by atoms with Gasteiger partial charge in [-0.3, -0.25) is 9.69 Å². The molecule has 0 saturated carbocycles. The molecule has 8 heteroatoms. The molecular weight excluding hydrogens is 485 g/mol. The summed E-state index contributed by atoms with van der Waals surface area (Å²) in [5, 5.41) is 3.27. The molecule has 1 fully saturated rings. The minimum absolute atomic E-state index is 0. The number of hydrogen-bond donors (Lipinski definition) is 1. The van der Waals surface area contributed by atoms with Gasteiger partial charge in [-0.25, -0.2) is 0 Å². The number of hydrogen-bond acceptors (Lipinski definition) is 5. The standard InChI is InChI=1S/C27H37N3O3.2ClH/c1-32-22-14-13-21-8-7-9-24(23(21)20-22)28-27(31)12-5-6-15-29-16-18-30(19-17-29)25-10-3-4-11-26(25)33-2;;/h3-4,10-11,13-14,20,24H,5-9,12,15-19H2,1-2H3,(H,28,31);2*1H. The van der Waals surface area contributed by atoms with Crippen molar-refractivity contribution < 1.29 is 14.3 Å². The van der Waals surface area contributed by atoms with Crippen LogP contribution < -0.4 is 19.7 Å². The largest absolute Gasteiger partial charge is 0.497 e. The first-order valence-corrected chi connectivity index (χ1v) is 12.2. The smallest absolute Gasteiger partial charge is 0.220 e. The second-order valence-corrected chi connectivity index (χ2v) is 9.03. The van der Waals surface area contributed by atoms with Crippen LogP contribution in [0.1, 0.15) is 49.3 Å². The number of nitrogens with zero attached hydrogens (tertiary/aromatic N) is 2. The number of unbranched alkanes of at least 4 members (excludes halogenated alkanes) is 1. The highest BCUT2D eigenvalue weighted by atomic mass is 35.5. The maximum atomic E-state index is 12.6. The minimum atomic E-state index is 0. The molecule has 1 N–H and O–H groups in total. The van der Waals surface area contributed by atoms with Crippen molar-refractivity contribution in [2.75, 3.05) is 51.8 Å². The Bertz CT molecular complexity index is 936. The highest BCUT2D eigenvalue weighted by molar-refractivity contribution is 5.85. The summed E-state index contributed by atoms with van der Waals surface area (Å²) < 4.78 is 10.9. The van der Waals surface area contributed by atoms with Crippen LogP contribution >= 0.6 is 24.8 Å². The molecule has 0 bridgehead atoms. The number of aryl methyl sites for hydroxylation is 1. The Morgan fingerprint density at radius 3 is 2.51 bits per heavy atom. The lowest BCUT2D eigenvalue weighted by Gasteiger charge is -2.36. The van der Waals surface area contributed by atoms with Gasteiger partial charge in [-0.2, -0.15) is 0 Å². The molecule has 1 aliphatic carbocycles. The average Bonchev–Trinajstić information content (AvgIpc) is 2.87. The molecule has 194 valence electrons. The van der Waals surface area contributed by atoms with Crippen molar-refractivity contribution in [1.82, 2.24) is 10.2 Å². The third-order valence-electron chi connectivity index (χ3n) is 6.93. The topological polar surface area (TPSA) is 54.0 Å². The Kier molecular flexibility index (Phi) is 12.0. The fourth-order valence-corrected chi connectivity index (χ4v) is 5.04. The molecule has 2 aliphatic rings. The van der Waals surface area contributed by atoms with Crippen LogP contribution in [-0.4, -0.2) is 57.8 Å². The Balaban J connectivity index is 0.00000216. The molecule has 0 radical (unpaired) electrons. The van der Waals surface area contributed by atoms with E-state index in [1.165, 1.54) is 16.8 Å². The van der Waals surface area contributed by atoms with Gasteiger partial charge in [0.1, 0.15) is 11.5 Å². The summed E-state index contributed by atoms with van der Waals surface area (Å²) in [6.45, 7) is 5.16. The van der Waals surface area contributed by atoms with Crippen molar-refractivity contribution >= 4 is 36.4 Å². The Morgan fingerprint density at radius 2 is 1.77 bits per heavy atom. The maximum absolute atomic E-state index is 12.6. The molecule has 2 aromatic carbocycles. The van der Waals surface area contributed by atoms with E-state index in [-0.39, 0.29) is 36.8 Å². The molecule has 1 unspecified atom stereocenters. The van der Waals surface area contributed by atoms with Gasteiger partial charge in [0.05, 0.1) is 25.9 Å². The minimum Gasteiger partial charge on any atom is -0.497 e. The predicted octanol–water partition coefficient (Wildman–Crippen LogP) is 5.03. The maximum Gasteiger partial charge on any atom is 0.220 e. The predicted molar refractivity (Wildman–Crippen MR) is 147 cm³/mol. The lowest BCUT2D eigenvalue weighted by molar-refractivity contribution is -0.122. The summed E-state index contributed by atoms with van der Waals surface area (Å²) in [5.41, 5.74) is 3.74. The summed E-state index contributed by atoms with van der Waals surface area (Å²) in [5.74, 6) is 1.97. The van der Waals surface area contributed by atoms with Gasteiger partial charge in [-0.1, -0.05) is 18.2 Å². The quantitative estimate of drug-likeness (QED) is 0.467. The first kappa shape index (κ1) is 29.1. The van der Waals surface area contributed by atoms with E-state index < -0.39 is 0 Å². The van der Waals surface area contributed by atoms with Gasteiger partial charge < -0.3 is 19.7 Å².